The number of nitrogens with one attached hydrogen (secondary N) is 2. The Kier molecular flexibility index (Phi) is 5.67. The average Bonchev–Trinajstić information content (AvgIpc) is 2.01. The van der Waals surface area contributed by atoms with E-state index in [0.29, 0.717) is 12.3 Å². The topological polar surface area (TPSA) is 73.2 Å². The highest BCUT2D eigenvalue weighted by atomic mass is 16.4. The fraction of sp³-hybridized carbons (Fsp3) is 0.636. The molecule has 0 aromatic heterocycles. The molecule has 0 aliphatic heterocycles. The zero-order valence-corrected chi connectivity index (χ0v) is 9.85. The van der Waals surface area contributed by atoms with Gasteiger partial charge in [0.05, 0.1) is 6.42 Å². The Labute approximate surface area is 90.9 Å². The van der Waals surface area contributed by atoms with Crippen LogP contribution >= 0.6 is 0 Å². The number of hydrogen-bond donors (Lipinski definition) is 3. The van der Waals surface area contributed by atoms with Crippen molar-refractivity contribution in [2.75, 3.05) is 6.54 Å². The highest BCUT2D eigenvalue weighted by Gasteiger charge is 2.09. The van der Waals surface area contributed by atoms with Crippen molar-refractivity contribution in [3.05, 3.63) is 11.3 Å². The molecule has 4 nitrogen and oxygen atoms in total. The minimum Gasteiger partial charge on any atom is -0.481 e. The first-order valence-corrected chi connectivity index (χ1v) is 5.08. The van der Waals surface area contributed by atoms with E-state index in [0.717, 1.165) is 11.3 Å². The largest absolute Gasteiger partial charge is 0.481 e. The van der Waals surface area contributed by atoms with Gasteiger partial charge in [0.2, 0.25) is 0 Å². The summed E-state index contributed by atoms with van der Waals surface area (Å²) in [6.45, 7) is 8.09. The summed E-state index contributed by atoms with van der Waals surface area (Å²) in [5.41, 5.74) is 2.39. The summed E-state index contributed by atoms with van der Waals surface area (Å²) in [7, 11) is 0. The first-order valence-electron chi connectivity index (χ1n) is 5.08. The Hall–Kier alpha value is -1.32. The quantitative estimate of drug-likeness (QED) is 0.590. The number of carboxylic acids is 1. The van der Waals surface area contributed by atoms with Crippen molar-refractivity contribution in [1.82, 2.24) is 5.32 Å². The molecule has 0 aromatic carbocycles. The molecule has 0 aromatic rings. The van der Waals surface area contributed by atoms with Crippen LogP contribution in [0.5, 0.6) is 0 Å². The number of rotatable bonds is 6. The number of carboxylic acid groups (broad SMARTS) is 1. The molecule has 15 heavy (non-hydrogen) atoms. The van der Waals surface area contributed by atoms with Crippen LogP contribution in [0.15, 0.2) is 11.3 Å². The average molecular weight is 212 g/mol. The molecule has 0 saturated carbocycles. The van der Waals surface area contributed by atoms with Crippen LogP contribution in [0.3, 0.4) is 0 Å². The van der Waals surface area contributed by atoms with Gasteiger partial charge in [-0.1, -0.05) is 13.8 Å². The van der Waals surface area contributed by atoms with Crippen molar-refractivity contribution < 1.29 is 9.90 Å². The number of carbonyl (C=O) groups is 1. The van der Waals surface area contributed by atoms with Crippen molar-refractivity contribution in [1.29, 1.82) is 5.41 Å². The summed E-state index contributed by atoms with van der Waals surface area (Å²) >= 11 is 0. The maximum Gasteiger partial charge on any atom is 0.305 e. The zero-order chi connectivity index (χ0) is 12.0. The molecule has 0 amide bonds. The van der Waals surface area contributed by atoms with Crippen LogP contribution in [0.4, 0.5) is 0 Å². The third kappa shape index (κ3) is 5.20. The third-order valence-corrected chi connectivity index (χ3v) is 2.11. The van der Waals surface area contributed by atoms with Crippen molar-refractivity contribution >= 4 is 11.7 Å². The molecular formula is C11H20N2O2. The lowest BCUT2D eigenvalue weighted by atomic mass is 9.97. The van der Waals surface area contributed by atoms with Crippen molar-refractivity contribution in [3.63, 3.8) is 0 Å². The van der Waals surface area contributed by atoms with E-state index in [1.54, 1.807) is 6.92 Å². The minimum atomic E-state index is -0.812. The molecule has 0 heterocycles. The molecule has 0 bridgehead atoms. The van der Waals surface area contributed by atoms with Gasteiger partial charge in [-0.05, 0) is 25.3 Å². The van der Waals surface area contributed by atoms with E-state index in [-0.39, 0.29) is 12.3 Å². The summed E-state index contributed by atoms with van der Waals surface area (Å²) in [4.78, 5) is 10.3. The standard InChI is InChI=1S/C11H20N2O2/c1-7(2)11(8(3)12)9(4)13-6-5-10(14)15/h7,12-13H,5-6H2,1-4H3,(H,14,15)/b11-9-,12-8?. The van der Waals surface area contributed by atoms with E-state index >= 15 is 0 Å². The molecule has 86 valence electrons. The van der Waals surface area contributed by atoms with E-state index in [9.17, 15) is 4.79 Å². The van der Waals surface area contributed by atoms with Gasteiger partial charge in [0.25, 0.3) is 0 Å². The first-order chi connectivity index (χ1) is 6.86. The SMILES string of the molecule is CC(=N)/C(=C(/C)NCCC(=O)O)C(C)C. The molecule has 0 spiro atoms. The van der Waals surface area contributed by atoms with Crippen molar-refractivity contribution in [3.8, 4) is 0 Å². The van der Waals surface area contributed by atoms with Crippen molar-refractivity contribution in [2.45, 2.75) is 34.1 Å². The third-order valence-electron chi connectivity index (χ3n) is 2.11. The fourth-order valence-electron chi connectivity index (χ4n) is 1.60. The monoisotopic (exact) mass is 212 g/mol. The number of hydrogen-bond acceptors (Lipinski definition) is 3. The Morgan fingerprint density at radius 3 is 2.27 bits per heavy atom. The summed E-state index contributed by atoms with van der Waals surface area (Å²) in [6, 6.07) is 0. The fourth-order valence-corrected chi connectivity index (χ4v) is 1.60. The second-order valence-corrected chi connectivity index (χ2v) is 3.89. The van der Waals surface area contributed by atoms with Crippen LogP contribution in [0.1, 0.15) is 34.1 Å². The molecule has 0 aliphatic carbocycles. The zero-order valence-electron chi connectivity index (χ0n) is 9.85. The molecule has 0 unspecified atom stereocenters. The van der Waals surface area contributed by atoms with Crippen molar-refractivity contribution in [2.24, 2.45) is 5.92 Å². The van der Waals surface area contributed by atoms with Gasteiger partial charge in [-0.15, -0.1) is 0 Å². The molecule has 3 N–H and O–H groups in total. The van der Waals surface area contributed by atoms with Crippen LogP contribution in [0.25, 0.3) is 0 Å². The van der Waals surface area contributed by atoms with Crippen LogP contribution in [0.2, 0.25) is 0 Å². The van der Waals surface area contributed by atoms with Crippen LogP contribution in [-0.4, -0.2) is 23.3 Å². The molecule has 0 rings (SSSR count). The maximum absolute atomic E-state index is 10.3. The molecule has 0 saturated heterocycles. The Bertz CT molecular complexity index is 280. The summed E-state index contributed by atoms with van der Waals surface area (Å²) in [6.07, 6.45) is 0.0970. The maximum atomic E-state index is 10.3. The van der Waals surface area contributed by atoms with Gasteiger partial charge in [0, 0.05) is 18.0 Å². The van der Waals surface area contributed by atoms with E-state index in [1.807, 2.05) is 20.8 Å². The molecule has 0 radical (unpaired) electrons. The van der Waals surface area contributed by atoms with E-state index < -0.39 is 5.97 Å². The van der Waals surface area contributed by atoms with Crippen LogP contribution in [0, 0.1) is 11.3 Å². The minimum absolute atomic E-state index is 0.0970. The lowest BCUT2D eigenvalue weighted by molar-refractivity contribution is -0.136. The van der Waals surface area contributed by atoms with Crippen LogP contribution < -0.4 is 5.32 Å². The van der Waals surface area contributed by atoms with Crippen LogP contribution in [-0.2, 0) is 4.79 Å². The van der Waals surface area contributed by atoms with E-state index in [4.69, 9.17) is 10.5 Å². The highest BCUT2D eigenvalue weighted by molar-refractivity contribution is 5.96. The summed E-state index contributed by atoms with van der Waals surface area (Å²) in [5, 5.41) is 19.1. The normalized spacial score (nSPS) is 12.3. The summed E-state index contributed by atoms with van der Waals surface area (Å²) < 4.78 is 0. The number of allylic oxidation sites excluding steroid dienone is 2. The predicted molar refractivity (Wildman–Crippen MR) is 61.2 cm³/mol. The predicted octanol–water partition coefficient (Wildman–Crippen LogP) is 2.02. The van der Waals surface area contributed by atoms with Gasteiger partial charge in [-0.3, -0.25) is 4.79 Å². The van der Waals surface area contributed by atoms with Gasteiger partial charge in [0.1, 0.15) is 0 Å². The number of aliphatic carboxylic acids is 1. The van der Waals surface area contributed by atoms with Gasteiger partial charge < -0.3 is 15.8 Å². The summed E-state index contributed by atoms with van der Waals surface area (Å²) in [5.74, 6) is -0.534. The second-order valence-electron chi connectivity index (χ2n) is 3.89. The van der Waals surface area contributed by atoms with Gasteiger partial charge in [-0.25, -0.2) is 0 Å². The Morgan fingerprint density at radius 1 is 1.40 bits per heavy atom. The molecule has 0 atom stereocenters. The molecule has 0 aliphatic rings. The Balaban J connectivity index is 4.45. The molecule has 4 heteroatoms. The van der Waals surface area contributed by atoms with Gasteiger partial charge in [-0.2, -0.15) is 0 Å². The molecule has 0 fully saturated rings. The van der Waals surface area contributed by atoms with E-state index in [1.165, 1.54) is 0 Å². The van der Waals surface area contributed by atoms with Gasteiger partial charge >= 0.3 is 5.97 Å². The second kappa shape index (κ2) is 6.22. The lowest BCUT2D eigenvalue weighted by Crippen LogP contribution is -2.20. The molecular weight excluding hydrogens is 192 g/mol. The Morgan fingerprint density at radius 2 is 1.93 bits per heavy atom. The first kappa shape index (κ1) is 13.7. The van der Waals surface area contributed by atoms with Gasteiger partial charge in [0.15, 0.2) is 0 Å². The smallest absolute Gasteiger partial charge is 0.305 e. The highest BCUT2D eigenvalue weighted by Crippen LogP contribution is 2.14. The van der Waals surface area contributed by atoms with E-state index in [2.05, 4.69) is 5.32 Å². The lowest BCUT2D eigenvalue weighted by Gasteiger charge is -2.15.